The van der Waals surface area contributed by atoms with E-state index in [-0.39, 0.29) is 18.1 Å². The van der Waals surface area contributed by atoms with Crippen LogP contribution in [-0.4, -0.2) is 15.7 Å². The molecule has 0 atom stereocenters. The zero-order chi connectivity index (χ0) is 12.9. The van der Waals surface area contributed by atoms with E-state index in [9.17, 15) is 9.18 Å². The molecule has 5 nitrogen and oxygen atoms in total. The number of nitrogen functional groups attached to an aromatic ring is 1. The SMILES string of the molecule is Cn1ncc(-c2cc(F)cc3c2NC(=O)C3)c1N. The molecule has 6 heteroatoms. The number of amides is 1. The highest BCUT2D eigenvalue weighted by Gasteiger charge is 2.24. The summed E-state index contributed by atoms with van der Waals surface area (Å²) in [6.45, 7) is 0. The Morgan fingerprint density at radius 3 is 2.89 bits per heavy atom. The summed E-state index contributed by atoms with van der Waals surface area (Å²) in [5.74, 6) is -0.0910. The first-order chi connectivity index (χ1) is 8.56. The third kappa shape index (κ3) is 1.46. The largest absolute Gasteiger partial charge is 0.383 e. The molecule has 92 valence electrons. The average molecular weight is 246 g/mol. The van der Waals surface area contributed by atoms with Crippen molar-refractivity contribution in [2.45, 2.75) is 6.42 Å². The molecule has 2 heterocycles. The highest BCUT2D eigenvalue weighted by Crippen LogP contribution is 2.37. The van der Waals surface area contributed by atoms with E-state index in [0.29, 0.717) is 28.2 Å². The zero-order valence-corrected chi connectivity index (χ0v) is 9.70. The van der Waals surface area contributed by atoms with Gasteiger partial charge in [0.25, 0.3) is 0 Å². The van der Waals surface area contributed by atoms with E-state index in [4.69, 9.17) is 5.73 Å². The van der Waals surface area contributed by atoms with Gasteiger partial charge in [0.15, 0.2) is 0 Å². The van der Waals surface area contributed by atoms with Gasteiger partial charge in [-0.05, 0) is 17.7 Å². The molecule has 3 N–H and O–H groups in total. The van der Waals surface area contributed by atoms with Crippen LogP contribution in [-0.2, 0) is 18.3 Å². The van der Waals surface area contributed by atoms with Gasteiger partial charge < -0.3 is 11.1 Å². The molecule has 18 heavy (non-hydrogen) atoms. The minimum Gasteiger partial charge on any atom is -0.383 e. The Morgan fingerprint density at radius 2 is 2.22 bits per heavy atom. The van der Waals surface area contributed by atoms with Crippen LogP contribution >= 0.6 is 0 Å². The van der Waals surface area contributed by atoms with Gasteiger partial charge in [0.2, 0.25) is 5.91 Å². The van der Waals surface area contributed by atoms with Crippen molar-refractivity contribution in [1.82, 2.24) is 9.78 Å². The zero-order valence-electron chi connectivity index (χ0n) is 9.70. The van der Waals surface area contributed by atoms with Crippen molar-refractivity contribution in [2.75, 3.05) is 11.1 Å². The maximum absolute atomic E-state index is 13.6. The van der Waals surface area contributed by atoms with Crippen molar-refractivity contribution in [3.63, 3.8) is 0 Å². The molecule has 0 saturated carbocycles. The fourth-order valence-corrected chi connectivity index (χ4v) is 2.17. The summed E-state index contributed by atoms with van der Waals surface area (Å²) in [4.78, 5) is 11.4. The second kappa shape index (κ2) is 3.56. The number of hydrogen-bond donors (Lipinski definition) is 2. The van der Waals surface area contributed by atoms with E-state index in [1.807, 2.05) is 0 Å². The van der Waals surface area contributed by atoms with Crippen molar-refractivity contribution >= 4 is 17.4 Å². The molecule has 2 aromatic rings. The number of rotatable bonds is 1. The van der Waals surface area contributed by atoms with Crippen LogP contribution in [0, 0.1) is 5.82 Å². The molecular weight excluding hydrogens is 235 g/mol. The highest BCUT2D eigenvalue weighted by molar-refractivity contribution is 6.04. The molecule has 1 amide bonds. The molecule has 1 aromatic carbocycles. The summed E-state index contributed by atoms with van der Waals surface area (Å²) < 4.78 is 15.1. The van der Waals surface area contributed by atoms with Crippen molar-refractivity contribution in [2.24, 2.45) is 7.05 Å². The van der Waals surface area contributed by atoms with Crippen molar-refractivity contribution in [3.05, 3.63) is 29.7 Å². The quantitative estimate of drug-likeness (QED) is 0.796. The van der Waals surface area contributed by atoms with Crippen molar-refractivity contribution in [3.8, 4) is 11.1 Å². The van der Waals surface area contributed by atoms with E-state index in [1.165, 1.54) is 16.8 Å². The highest BCUT2D eigenvalue weighted by atomic mass is 19.1. The van der Waals surface area contributed by atoms with Crippen molar-refractivity contribution < 1.29 is 9.18 Å². The van der Waals surface area contributed by atoms with Crippen LogP contribution in [0.2, 0.25) is 0 Å². The summed E-state index contributed by atoms with van der Waals surface area (Å²) >= 11 is 0. The van der Waals surface area contributed by atoms with E-state index in [2.05, 4.69) is 10.4 Å². The van der Waals surface area contributed by atoms with Gasteiger partial charge in [-0.1, -0.05) is 0 Å². The van der Waals surface area contributed by atoms with Crippen LogP contribution in [0.4, 0.5) is 15.9 Å². The third-order valence-electron chi connectivity index (χ3n) is 3.08. The van der Waals surface area contributed by atoms with Crippen LogP contribution in [0.1, 0.15) is 5.56 Å². The number of aromatic nitrogens is 2. The first-order valence-corrected chi connectivity index (χ1v) is 5.46. The maximum Gasteiger partial charge on any atom is 0.228 e. The smallest absolute Gasteiger partial charge is 0.228 e. The molecule has 3 rings (SSSR count). The van der Waals surface area contributed by atoms with Crippen LogP contribution in [0.15, 0.2) is 18.3 Å². The Hall–Kier alpha value is -2.37. The molecule has 0 spiro atoms. The molecular formula is C12H11FN4O. The van der Waals surface area contributed by atoms with Gasteiger partial charge >= 0.3 is 0 Å². The molecule has 1 aromatic heterocycles. The lowest BCUT2D eigenvalue weighted by atomic mass is 10.0. The molecule has 0 aliphatic carbocycles. The Bertz CT molecular complexity index is 662. The van der Waals surface area contributed by atoms with E-state index in [0.717, 1.165) is 0 Å². The van der Waals surface area contributed by atoms with E-state index >= 15 is 0 Å². The van der Waals surface area contributed by atoms with E-state index < -0.39 is 0 Å². The minimum absolute atomic E-state index is 0.140. The molecule has 0 unspecified atom stereocenters. The monoisotopic (exact) mass is 246 g/mol. The normalized spacial score (nSPS) is 13.6. The van der Waals surface area contributed by atoms with Gasteiger partial charge in [-0.25, -0.2) is 4.39 Å². The molecule has 1 aliphatic heterocycles. The summed E-state index contributed by atoms with van der Waals surface area (Å²) in [5.41, 5.74) is 8.35. The minimum atomic E-state index is -0.386. The second-order valence-corrected chi connectivity index (χ2v) is 4.28. The Balaban J connectivity index is 2.25. The van der Waals surface area contributed by atoms with Gasteiger partial charge in [-0.2, -0.15) is 5.10 Å². The lowest BCUT2D eigenvalue weighted by Gasteiger charge is -2.08. The van der Waals surface area contributed by atoms with Crippen LogP contribution in [0.5, 0.6) is 0 Å². The number of benzene rings is 1. The molecule has 0 bridgehead atoms. The molecule has 0 fully saturated rings. The van der Waals surface area contributed by atoms with Gasteiger partial charge in [-0.3, -0.25) is 9.48 Å². The van der Waals surface area contributed by atoms with Gasteiger partial charge in [0.1, 0.15) is 11.6 Å². The Labute approximate surface area is 102 Å². The van der Waals surface area contributed by atoms with Gasteiger partial charge in [0.05, 0.1) is 18.3 Å². The number of carbonyl (C=O) groups excluding carboxylic acids is 1. The number of halogens is 1. The molecule has 0 radical (unpaired) electrons. The van der Waals surface area contributed by atoms with Crippen LogP contribution in [0.25, 0.3) is 11.1 Å². The Morgan fingerprint density at radius 1 is 1.44 bits per heavy atom. The number of nitrogens with two attached hydrogens (primary N) is 1. The fraction of sp³-hybridized carbons (Fsp3) is 0.167. The topological polar surface area (TPSA) is 72.9 Å². The Kier molecular flexibility index (Phi) is 2.13. The first-order valence-electron chi connectivity index (χ1n) is 5.46. The summed E-state index contributed by atoms with van der Waals surface area (Å²) in [6, 6.07) is 2.72. The molecule has 1 aliphatic rings. The first kappa shape index (κ1) is 10.8. The number of nitrogens with one attached hydrogen (secondary N) is 1. The number of fused-ring (bicyclic) bond motifs is 1. The number of anilines is 2. The lowest BCUT2D eigenvalue weighted by Crippen LogP contribution is -2.04. The maximum atomic E-state index is 13.6. The standard InChI is InChI=1S/C12H11FN4O/c1-17-12(14)9(5-15-17)8-4-7(13)2-6-3-10(18)16-11(6)8/h2,4-5H,3,14H2,1H3,(H,16,18). The summed E-state index contributed by atoms with van der Waals surface area (Å²) in [7, 11) is 1.71. The number of carbonyl (C=O) groups is 1. The van der Waals surface area contributed by atoms with Crippen LogP contribution in [0.3, 0.4) is 0 Å². The second-order valence-electron chi connectivity index (χ2n) is 4.28. The molecule has 0 saturated heterocycles. The number of nitrogens with zero attached hydrogens (tertiary/aromatic N) is 2. The van der Waals surface area contributed by atoms with E-state index in [1.54, 1.807) is 13.2 Å². The lowest BCUT2D eigenvalue weighted by molar-refractivity contribution is -0.115. The van der Waals surface area contributed by atoms with Gasteiger partial charge in [-0.15, -0.1) is 0 Å². The van der Waals surface area contributed by atoms with Crippen molar-refractivity contribution in [1.29, 1.82) is 0 Å². The predicted octanol–water partition coefficient (Wildman–Crippen LogP) is 1.30. The van der Waals surface area contributed by atoms with Crippen LogP contribution < -0.4 is 11.1 Å². The predicted molar refractivity (Wildman–Crippen MR) is 65.3 cm³/mol. The third-order valence-corrected chi connectivity index (χ3v) is 3.08. The summed E-state index contributed by atoms with van der Waals surface area (Å²) in [6.07, 6.45) is 1.76. The summed E-state index contributed by atoms with van der Waals surface area (Å²) in [5, 5.41) is 6.75. The number of aryl methyl sites for hydroxylation is 1. The number of hydrogen-bond acceptors (Lipinski definition) is 3. The average Bonchev–Trinajstić information content (AvgIpc) is 2.82. The van der Waals surface area contributed by atoms with Gasteiger partial charge in [0, 0.05) is 18.2 Å². The fourth-order valence-electron chi connectivity index (χ4n) is 2.17.